The molecule has 0 fully saturated rings. The molecular weight excluding hydrogens is 420 g/mol. The van der Waals surface area contributed by atoms with Crippen LogP contribution in [0.2, 0.25) is 0 Å². The lowest BCUT2D eigenvalue weighted by molar-refractivity contribution is 0.0955. The first kappa shape index (κ1) is 19.6. The van der Waals surface area contributed by atoms with Gasteiger partial charge in [-0.3, -0.25) is 0 Å². The van der Waals surface area contributed by atoms with E-state index in [0.717, 1.165) is 22.9 Å². The zero-order valence-corrected chi connectivity index (χ0v) is 17.9. The van der Waals surface area contributed by atoms with E-state index in [1.807, 2.05) is 19.1 Å². The largest absolute Gasteiger partial charge is 0.508 e. The highest BCUT2D eigenvalue weighted by molar-refractivity contribution is 5.86. The van der Waals surface area contributed by atoms with Crippen LogP contribution in [0.3, 0.4) is 0 Å². The van der Waals surface area contributed by atoms with Gasteiger partial charge in [-0.25, -0.2) is 0 Å². The summed E-state index contributed by atoms with van der Waals surface area (Å²) in [4.78, 5) is 0. The summed E-state index contributed by atoms with van der Waals surface area (Å²) >= 11 is 0. The van der Waals surface area contributed by atoms with Crippen LogP contribution in [0.15, 0.2) is 65.1 Å². The van der Waals surface area contributed by atoms with Gasteiger partial charge in [-0.2, -0.15) is 0 Å². The van der Waals surface area contributed by atoms with Crippen molar-refractivity contribution >= 4 is 16.5 Å². The standard InChI is InChI=1S/C27H22O6/c1-27-12-16(20-5-4-19(29)11-25(20)33-27)6-17(13-27)26-21(30)7-15(8-22(26)31)23-9-14-2-3-18(28)10-24(14)32-23/h2-5,7-11,13,16,28-31H,6,12H2,1H3/t16-,27+/m1/s1. The van der Waals surface area contributed by atoms with E-state index in [1.165, 1.54) is 6.07 Å². The number of rotatable bonds is 2. The van der Waals surface area contributed by atoms with Crippen molar-refractivity contribution in [3.8, 4) is 40.1 Å². The molecule has 4 N–H and O–H groups in total. The van der Waals surface area contributed by atoms with E-state index in [0.29, 0.717) is 34.6 Å². The molecule has 0 radical (unpaired) electrons. The first-order valence-corrected chi connectivity index (χ1v) is 10.8. The van der Waals surface area contributed by atoms with E-state index in [1.54, 1.807) is 42.5 Å². The Morgan fingerprint density at radius 2 is 1.61 bits per heavy atom. The zero-order valence-electron chi connectivity index (χ0n) is 17.9. The van der Waals surface area contributed by atoms with Gasteiger partial charge in [-0.05, 0) is 79.3 Å². The Morgan fingerprint density at radius 3 is 2.39 bits per heavy atom. The third kappa shape index (κ3) is 3.18. The minimum atomic E-state index is -0.614. The van der Waals surface area contributed by atoms with Crippen molar-refractivity contribution in [3.05, 3.63) is 71.8 Å². The number of hydrogen-bond acceptors (Lipinski definition) is 6. The Morgan fingerprint density at radius 1 is 0.879 bits per heavy atom. The lowest BCUT2D eigenvalue weighted by atomic mass is 9.73. The van der Waals surface area contributed by atoms with Gasteiger partial charge >= 0.3 is 0 Å². The fraction of sp³-hybridized carbons (Fsp3) is 0.185. The predicted molar refractivity (Wildman–Crippen MR) is 124 cm³/mol. The van der Waals surface area contributed by atoms with Gasteiger partial charge in [0, 0.05) is 23.1 Å². The van der Waals surface area contributed by atoms with Gasteiger partial charge in [0.05, 0.1) is 5.56 Å². The van der Waals surface area contributed by atoms with Gasteiger partial charge in [0.2, 0.25) is 0 Å². The predicted octanol–water partition coefficient (Wildman–Crippen LogP) is 6.03. The SMILES string of the molecule is C[C@@]12C=C(c3c(O)cc(-c4cc5ccc(O)cc5o4)cc3O)C[C@H](C1)c1ccc(O)cc1O2. The number of fused-ring (bicyclic) bond motifs is 5. The van der Waals surface area contributed by atoms with Gasteiger partial charge in [0.15, 0.2) is 0 Å². The molecule has 0 unspecified atom stereocenters. The third-order valence-electron chi connectivity index (χ3n) is 6.58. The molecule has 4 aromatic rings. The number of phenols is 4. The minimum Gasteiger partial charge on any atom is -0.508 e. The summed E-state index contributed by atoms with van der Waals surface area (Å²) < 4.78 is 12.0. The number of ether oxygens (including phenoxy) is 1. The molecular formula is C27H22O6. The summed E-state index contributed by atoms with van der Waals surface area (Å²) in [5, 5.41) is 42.2. The molecule has 2 bridgehead atoms. The normalized spacial score (nSPS) is 21.4. The third-order valence-corrected chi connectivity index (χ3v) is 6.58. The van der Waals surface area contributed by atoms with Crippen molar-refractivity contribution in [3.63, 3.8) is 0 Å². The maximum Gasteiger partial charge on any atom is 0.138 e. The fourth-order valence-corrected chi connectivity index (χ4v) is 5.22. The molecule has 166 valence electrons. The summed E-state index contributed by atoms with van der Waals surface area (Å²) in [6, 6.07) is 15.0. The number of furan rings is 1. The maximum absolute atomic E-state index is 10.9. The molecule has 6 rings (SSSR count). The number of hydrogen-bond donors (Lipinski definition) is 4. The van der Waals surface area contributed by atoms with E-state index in [4.69, 9.17) is 9.15 Å². The zero-order chi connectivity index (χ0) is 22.9. The molecule has 0 amide bonds. The monoisotopic (exact) mass is 442 g/mol. The Labute approximate surface area is 189 Å². The van der Waals surface area contributed by atoms with Gasteiger partial charge in [0.25, 0.3) is 0 Å². The fourth-order valence-electron chi connectivity index (χ4n) is 5.22. The van der Waals surface area contributed by atoms with Gasteiger partial charge in [0.1, 0.15) is 45.7 Å². The van der Waals surface area contributed by atoms with Crippen LogP contribution < -0.4 is 4.74 Å². The van der Waals surface area contributed by atoms with Crippen LogP contribution in [0, 0.1) is 0 Å². The Hall–Kier alpha value is -4.06. The topological polar surface area (TPSA) is 103 Å². The lowest BCUT2D eigenvalue weighted by Gasteiger charge is -2.42. The van der Waals surface area contributed by atoms with E-state index in [9.17, 15) is 20.4 Å². The highest BCUT2D eigenvalue weighted by Crippen LogP contribution is 2.53. The van der Waals surface area contributed by atoms with E-state index < -0.39 is 5.60 Å². The first-order chi connectivity index (χ1) is 15.8. The molecule has 0 saturated carbocycles. The second-order valence-electron chi connectivity index (χ2n) is 9.13. The average molecular weight is 442 g/mol. The molecule has 0 saturated heterocycles. The number of phenolic OH excluding ortho intramolecular Hbond substituents is 4. The van der Waals surface area contributed by atoms with Gasteiger partial charge in [-0.15, -0.1) is 0 Å². The molecule has 6 nitrogen and oxygen atoms in total. The molecule has 6 heteroatoms. The first-order valence-electron chi connectivity index (χ1n) is 10.8. The Kier molecular flexibility index (Phi) is 3.99. The van der Waals surface area contributed by atoms with Crippen molar-refractivity contribution < 1.29 is 29.6 Å². The molecule has 0 spiro atoms. The molecule has 1 aliphatic heterocycles. The van der Waals surface area contributed by atoms with Crippen molar-refractivity contribution in [1.82, 2.24) is 0 Å². The summed E-state index contributed by atoms with van der Waals surface area (Å²) in [6.45, 7) is 1.97. The number of benzene rings is 3. The van der Waals surface area contributed by atoms with Crippen LogP contribution >= 0.6 is 0 Å². The van der Waals surface area contributed by atoms with E-state index >= 15 is 0 Å². The van der Waals surface area contributed by atoms with Gasteiger partial charge < -0.3 is 29.6 Å². The van der Waals surface area contributed by atoms with E-state index in [2.05, 4.69) is 0 Å². The quantitative estimate of drug-likeness (QED) is 0.302. The second kappa shape index (κ2) is 6.72. The highest BCUT2D eigenvalue weighted by atomic mass is 16.5. The van der Waals surface area contributed by atoms with Crippen LogP contribution in [-0.4, -0.2) is 26.0 Å². The smallest absolute Gasteiger partial charge is 0.138 e. The summed E-state index contributed by atoms with van der Waals surface area (Å²) in [5.41, 5.74) is 2.64. The van der Waals surface area contributed by atoms with Crippen LogP contribution in [-0.2, 0) is 0 Å². The Bertz CT molecular complexity index is 1440. The number of allylic oxidation sites excluding steroid dienone is 1. The van der Waals surface area contributed by atoms with Crippen molar-refractivity contribution in [1.29, 1.82) is 0 Å². The second-order valence-corrected chi connectivity index (χ2v) is 9.13. The molecule has 1 aromatic heterocycles. The molecule has 33 heavy (non-hydrogen) atoms. The molecule has 2 heterocycles. The molecule has 2 aliphatic rings. The summed E-state index contributed by atoms with van der Waals surface area (Å²) in [6.07, 6.45) is 3.36. The lowest BCUT2D eigenvalue weighted by Crippen LogP contribution is -2.39. The summed E-state index contributed by atoms with van der Waals surface area (Å²) in [7, 11) is 0. The van der Waals surface area contributed by atoms with Crippen LogP contribution in [0.4, 0.5) is 0 Å². The van der Waals surface area contributed by atoms with Gasteiger partial charge in [-0.1, -0.05) is 6.07 Å². The van der Waals surface area contributed by atoms with Crippen molar-refractivity contribution in [2.24, 2.45) is 0 Å². The Balaban J connectivity index is 1.40. The van der Waals surface area contributed by atoms with E-state index in [-0.39, 0.29) is 28.9 Å². The van der Waals surface area contributed by atoms with Crippen molar-refractivity contribution in [2.45, 2.75) is 31.3 Å². The number of aromatic hydroxyl groups is 4. The molecule has 1 aliphatic carbocycles. The van der Waals surface area contributed by atoms with Crippen LogP contribution in [0.1, 0.15) is 36.8 Å². The van der Waals surface area contributed by atoms with Crippen molar-refractivity contribution in [2.75, 3.05) is 0 Å². The van der Waals surface area contributed by atoms with Crippen LogP contribution in [0.5, 0.6) is 28.7 Å². The highest BCUT2D eigenvalue weighted by Gasteiger charge is 2.41. The molecule has 2 atom stereocenters. The minimum absolute atomic E-state index is 0.0472. The maximum atomic E-state index is 10.9. The summed E-state index contributed by atoms with van der Waals surface area (Å²) in [5.74, 6) is 1.46. The molecule has 3 aromatic carbocycles. The average Bonchev–Trinajstić information content (AvgIpc) is 3.15. The van der Waals surface area contributed by atoms with Crippen LogP contribution in [0.25, 0.3) is 27.9 Å².